The van der Waals surface area contributed by atoms with E-state index in [1.54, 1.807) is 0 Å². The molecule has 1 aromatic rings. The average Bonchev–Trinajstić information content (AvgIpc) is 1.86. The van der Waals surface area contributed by atoms with E-state index >= 15 is 0 Å². The van der Waals surface area contributed by atoms with E-state index in [0.717, 1.165) is 12.3 Å². The summed E-state index contributed by atoms with van der Waals surface area (Å²) in [6, 6.07) is 2.51. The number of pyridine rings is 1. The smallest absolute Gasteiger partial charge is 0.397 e. The minimum atomic E-state index is -4.45. The number of hydrogen-bond donors (Lipinski definition) is 1. The molecule has 11 heavy (non-hydrogen) atoms. The second-order valence-electron chi connectivity index (χ2n) is 1.94. The molecule has 60 valence electrons. The third-order valence-electron chi connectivity index (χ3n) is 1.11. The Morgan fingerprint density at radius 1 is 1.36 bits per heavy atom. The van der Waals surface area contributed by atoms with E-state index in [4.69, 9.17) is 5.73 Å². The molecule has 5 heteroatoms. The number of alkyl halides is 3. The maximum Gasteiger partial charge on any atom is 0.435 e. The molecule has 0 spiro atoms. The van der Waals surface area contributed by atoms with Gasteiger partial charge in [-0.25, -0.2) is 4.98 Å². The lowest BCUT2D eigenvalue weighted by Gasteiger charge is -2.06. The molecule has 2 nitrogen and oxygen atoms in total. The molecule has 0 amide bonds. The van der Waals surface area contributed by atoms with Crippen LogP contribution in [-0.2, 0) is 6.18 Å². The number of aromatic nitrogens is 1. The molecule has 0 saturated carbocycles. The Labute approximate surface area is 60.9 Å². The van der Waals surface area contributed by atoms with Crippen LogP contribution in [-0.4, -0.2) is 4.98 Å². The molecule has 0 aromatic carbocycles. The van der Waals surface area contributed by atoms with E-state index in [0.29, 0.717) is 0 Å². The first kappa shape index (κ1) is 7.84. The number of rotatable bonds is 0. The van der Waals surface area contributed by atoms with Crippen LogP contribution in [0.1, 0.15) is 5.69 Å². The SMILES string of the molecule is Nc1cccnc1C(F)(F)F. The minimum absolute atomic E-state index is 0.347. The van der Waals surface area contributed by atoms with Crippen LogP contribution in [0.5, 0.6) is 0 Å². The summed E-state index contributed by atoms with van der Waals surface area (Å²) in [5.74, 6) is 0. The van der Waals surface area contributed by atoms with Gasteiger partial charge in [-0.15, -0.1) is 0 Å². The molecule has 0 saturated heterocycles. The predicted octanol–water partition coefficient (Wildman–Crippen LogP) is 1.68. The van der Waals surface area contributed by atoms with Gasteiger partial charge in [0.25, 0.3) is 0 Å². The van der Waals surface area contributed by atoms with Crippen LogP contribution >= 0.6 is 0 Å². The molecule has 0 fully saturated rings. The lowest BCUT2D eigenvalue weighted by atomic mass is 10.3. The molecule has 0 radical (unpaired) electrons. The van der Waals surface area contributed by atoms with Crippen molar-refractivity contribution in [3.05, 3.63) is 24.0 Å². The summed E-state index contributed by atoms with van der Waals surface area (Å²) in [6.07, 6.45) is -3.40. The van der Waals surface area contributed by atoms with Crippen LogP contribution in [0.15, 0.2) is 18.3 Å². The summed E-state index contributed by atoms with van der Waals surface area (Å²) in [6.45, 7) is 0. The van der Waals surface area contributed by atoms with Crippen LogP contribution in [0, 0.1) is 0 Å². The number of hydrogen-bond acceptors (Lipinski definition) is 2. The number of nitrogens with zero attached hydrogens (tertiary/aromatic N) is 1. The Morgan fingerprint density at radius 3 is 2.36 bits per heavy atom. The Hall–Kier alpha value is -1.26. The molecule has 0 unspecified atom stereocenters. The molecule has 0 aliphatic carbocycles. The van der Waals surface area contributed by atoms with Crippen LogP contribution < -0.4 is 5.73 Å². The minimum Gasteiger partial charge on any atom is -0.397 e. The fraction of sp³-hybridized carbons (Fsp3) is 0.167. The van der Waals surface area contributed by atoms with Gasteiger partial charge in [0.05, 0.1) is 5.69 Å². The van der Waals surface area contributed by atoms with Crippen molar-refractivity contribution < 1.29 is 13.2 Å². The fourth-order valence-corrected chi connectivity index (χ4v) is 0.655. The van der Waals surface area contributed by atoms with Crippen molar-refractivity contribution in [3.8, 4) is 0 Å². The van der Waals surface area contributed by atoms with Gasteiger partial charge in [0, 0.05) is 6.20 Å². The Balaban J connectivity index is 3.14. The third-order valence-corrected chi connectivity index (χ3v) is 1.11. The lowest BCUT2D eigenvalue weighted by molar-refractivity contribution is -0.140. The largest absolute Gasteiger partial charge is 0.435 e. The van der Waals surface area contributed by atoms with Gasteiger partial charge in [-0.05, 0) is 12.1 Å². The van der Waals surface area contributed by atoms with Crippen molar-refractivity contribution in [2.45, 2.75) is 6.18 Å². The summed E-state index contributed by atoms with van der Waals surface area (Å²) < 4.78 is 35.7. The van der Waals surface area contributed by atoms with E-state index < -0.39 is 11.9 Å². The second kappa shape index (κ2) is 2.41. The van der Waals surface area contributed by atoms with Gasteiger partial charge in [0.1, 0.15) is 0 Å². The highest BCUT2D eigenvalue weighted by Gasteiger charge is 2.34. The molecular formula is C6H5F3N2. The van der Waals surface area contributed by atoms with E-state index in [2.05, 4.69) is 4.98 Å². The summed E-state index contributed by atoms with van der Waals surface area (Å²) in [4.78, 5) is 3.10. The third kappa shape index (κ3) is 1.60. The summed E-state index contributed by atoms with van der Waals surface area (Å²) >= 11 is 0. The van der Waals surface area contributed by atoms with Crippen molar-refractivity contribution in [2.24, 2.45) is 0 Å². The number of anilines is 1. The summed E-state index contributed by atoms with van der Waals surface area (Å²) in [5.41, 5.74) is 3.65. The zero-order chi connectivity index (χ0) is 8.48. The van der Waals surface area contributed by atoms with Gasteiger partial charge < -0.3 is 5.73 Å². The average molecular weight is 162 g/mol. The van der Waals surface area contributed by atoms with Crippen molar-refractivity contribution in [2.75, 3.05) is 5.73 Å². The lowest BCUT2D eigenvalue weighted by Crippen LogP contribution is -2.10. The molecule has 0 aliphatic rings. The fourth-order valence-electron chi connectivity index (χ4n) is 0.655. The van der Waals surface area contributed by atoms with Crippen molar-refractivity contribution >= 4 is 5.69 Å². The Morgan fingerprint density at radius 2 is 2.00 bits per heavy atom. The topological polar surface area (TPSA) is 38.9 Å². The van der Waals surface area contributed by atoms with Crippen LogP contribution in [0.3, 0.4) is 0 Å². The Bertz CT molecular complexity index is 256. The zero-order valence-electron chi connectivity index (χ0n) is 5.39. The van der Waals surface area contributed by atoms with Gasteiger partial charge in [-0.1, -0.05) is 0 Å². The quantitative estimate of drug-likeness (QED) is 0.630. The zero-order valence-corrected chi connectivity index (χ0v) is 5.39. The molecule has 0 atom stereocenters. The van der Waals surface area contributed by atoms with Crippen molar-refractivity contribution in [1.29, 1.82) is 0 Å². The highest BCUT2D eigenvalue weighted by molar-refractivity contribution is 5.43. The van der Waals surface area contributed by atoms with Crippen LogP contribution in [0.4, 0.5) is 18.9 Å². The summed E-state index contributed by atoms with van der Waals surface area (Å²) in [7, 11) is 0. The van der Waals surface area contributed by atoms with Gasteiger partial charge in [0.15, 0.2) is 5.69 Å². The van der Waals surface area contributed by atoms with E-state index in [-0.39, 0.29) is 5.69 Å². The first-order valence-corrected chi connectivity index (χ1v) is 2.79. The highest BCUT2D eigenvalue weighted by Crippen LogP contribution is 2.30. The molecule has 2 N–H and O–H groups in total. The van der Waals surface area contributed by atoms with Gasteiger partial charge in [0.2, 0.25) is 0 Å². The number of halogens is 3. The molecule has 0 aliphatic heterocycles. The monoisotopic (exact) mass is 162 g/mol. The first-order valence-electron chi connectivity index (χ1n) is 2.79. The molecule has 1 rings (SSSR count). The van der Waals surface area contributed by atoms with Crippen molar-refractivity contribution in [1.82, 2.24) is 4.98 Å². The van der Waals surface area contributed by atoms with Crippen LogP contribution in [0.2, 0.25) is 0 Å². The first-order chi connectivity index (χ1) is 5.02. The van der Waals surface area contributed by atoms with E-state index in [9.17, 15) is 13.2 Å². The second-order valence-corrected chi connectivity index (χ2v) is 1.94. The van der Waals surface area contributed by atoms with Gasteiger partial charge in [-0.2, -0.15) is 13.2 Å². The number of nitrogen functional groups attached to an aromatic ring is 1. The molecule has 0 bridgehead atoms. The highest BCUT2D eigenvalue weighted by atomic mass is 19.4. The van der Waals surface area contributed by atoms with Crippen LogP contribution in [0.25, 0.3) is 0 Å². The standard InChI is InChI=1S/C6H5F3N2/c7-6(8,9)5-4(10)2-1-3-11-5/h1-3H,10H2. The normalized spacial score (nSPS) is 11.5. The maximum atomic E-state index is 11.9. The van der Waals surface area contributed by atoms with E-state index in [1.165, 1.54) is 6.07 Å². The number of nitrogens with two attached hydrogens (primary N) is 1. The maximum absolute atomic E-state index is 11.9. The molecule has 1 aromatic heterocycles. The predicted molar refractivity (Wildman–Crippen MR) is 33.7 cm³/mol. The molecule has 1 heterocycles. The molecular weight excluding hydrogens is 157 g/mol. The summed E-state index contributed by atoms with van der Waals surface area (Å²) in [5, 5.41) is 0. The van der Waals surface area contributed by atoms with Gasteiger partial charge >= 0.3 is 6.18 Å². The van der Waals surface area contributed by atoms with Crippen molar-refractivity contribution in [3.63, 3.8) is 0 Å². The van der Waals surface area contributed by atoms with E-state index in [1.807, 2.05) is 0 Å². The van der Waals surface area contributed by atoms with Gasteiger partial charge in [-0.3, -0.25) is 0 Å². The Kier molecular flexibility index (Phi) is 1.72.